The zero-order valence-electron chi connectivity index (χ0n) is 17.5. The lowest BCUT2D eigenvalue weighted by Gasteiger charge is -2.28. The van der Waals surface area contributed by atoms with Gasteiger partial charge in [0, 0.05) is 23.1 Å². The van der Waals surface area contributed by atoms with Gasteiger partial charge in [0.05, 0.1) is 16.8 Å². The first-order chi connectivity index (χ1) is 15.5. The first-order valence-corrected chi connectivity index (χ1v) is 13.1. The molecule has 174 valence electrons. The van der Waals surface area contributed by atoms with Gasteiger partial charge in [-0.3, -0.25) is 9.10 Å². The molecule has 13 heteroatoms. The van der Waals surface area contributed by atoms with Crippen molar-refractivity contribution in [1.82, 2.24) is 9.97 Å². The molecule has 0 radical (unpaired) electrons. The summed E-state index contributed by atoms with van der Waals surface area (Å²) in [6.45, 7) is 1.43. The van der Waals surface area contributed by atoms with Crippen LogP contribution in [0.3, 0.4) is 0 Å². The van der Waals surface area contributed by atoms with Crippen LogP contribution in [0.25, 0.3) is 0 Å². The molecule has 1 heterocycles. The minimum absolute atomic E-state index is 0.0716. The van der Waals surface area contributed by atoms with Gasteiger partial charge in [0.25, 0.3) is 10.0 Å². The monoisotopic (exact) mass is 509 g/mol. The van der Waals surface area contributed by atoms with E-state index in [1.807, 2.05) is 0 Å². The van der Waals surface area contributed by atoms with Gasteiger partial charge in [-0.25, -0.2) is 31.5 Å². The predicted molar refractivity (Wildman–Crippen MR) is 126 cm³/mol. The van der Waals surface area contributed by atoms with E-state index in [2.05, 4.69) is 20.0 Å². The SMILES string of the molecule is C[C@@H](C(=O)Nc1ccc(S(=O)(=O)Nc2ncccn2)cc1)N(c1cccc(Cl)c1)S(C)(=O)=O. The van der Waals surface area contributed by atoms with Crippen LogP contribution in [0, 0.1) is 0 Å². The van der Waals surface area contributed by atoms with Crippen molar-refractivity contribution >= 4 is 54.9 Å². The number of carbonyl (C=O) groups is 1. The van der Waals surface area contributed by atoms with Gasteiger partial charge in [0.15, 0.2) is 0 Å². The number of hydrogen-bond acceptors (Lipinski definition) is 7. The Labute approximate surface area is 196 Å². The van der Waals surface area contributed by atoms with Gasteiger partial charge in [-0.15, -0.1) is 0 Å². The Morgan fingerprint density at radius 2 is 1.64 bits per heavy atom. The summed E-state index contributed by atoms with van der Waals surface area (Å²) in [4.78, 5) is 20.3. The maximum Gasteiger partial charge on any atom is 0.264 e. The predicted octanol–water partition coefficient (Wildman–Crippen LogP) is 2.72. The van der Waals surface area contributed by atoms with Gasteiger partial charge in [0.2, 0.25) is 21.9 Å². The van der Waals surface area contributed by atoms with E-state index in [4.69, 9.17) is 11.6 Å². The Morgan fingerprint density at radius 1 is 1.00 bits per heavy atom. The van der Waals surface area contributed by atoms with Crippen LogP contribution in [0.5, 0.6) is 0 Å². The second-order valence-corrected chi connectivity index (χ2v) is 10.9. The fraction of sp³-hybridized carbons (Fsp3) is 0.150. The lowest BCUT2D eigenvalue weighted by molar-refractivity contribution is -0.116. The molecule has 0 unspecified atom stereocenters. The number of nitrogens with zero attached hydrogens (tertiary/aromatic N) is 3. The van der Waals surface area contributed by atoms with Crippen molar-refractivity contribution in [1.29, 1.82) is 0 Å². The van der Waals surface area contributed by atoms with Crippen LogP contribution in [0.1, 0.15) is 6.92 Å². The standard InChI is InChI=1S/C20H20ClN5O5S2/c1-14(26(32(2,28)29)17-6-3-5-15(21)13-17)19(27)24-16-7-9-18(10-8-16)33(30,31)25-20-22-11-4-12-23-20/h3-14H,1-2H3,(H,24,27)(H,22,23,25)/t14-/m0/s1. The fourth-order valence-corrected chi connectivity index (χ4v) is 5.23. The molecule has 0 aliphatic carbocycles. The molecule has 1 atom stereocenters. The van der Waals surface area contributed by atoms with E-state index in [0.717, 1.165) is 10.6 Å². The van der Waals surface area contributed by atoms with E-state index in [0.29, 0.717) is 5.02 Å². The summed E-state index contributed by atoms with van der Waals surface area (Å²) in [5.41, 5.74) is 0.518. The van der Waals surface area contributed by atoms with E-state index in [-0.39, 0.29) is 22.2 Å². The highest BCUT2D eigenvalue weighted by atomic mass is 35.5. The summed E-state index contributed by atoms with van der Waals surface area (Å²) < 4.78 is 52.9. The summed E-state index contributed by atoms with van der Waals surface area (Å²) in [5.74, 6) is -0.697. The first-order valence-electron chi connectivity index (χ1n) is 9.43. The Morgan fingerprint density at radius 3 is 2.21 bits per heavy atom. The van der Waals surface area contributed by atoms with Crippen molar-refractivity contribution in [2.45, 2.75) is 17.9 Å². The number of benzene rings is 2. The molecule has 1 amide bonds. The molecule has 0 aliphatic heterocycles. The number of rotatable bonds is 8. The lowest BCUT2D eigenvalue weighted by atomic mass is 10.2. The molecule has 10 nitrogen and oxygen atoms in total. The Kier molecular flexibility index (Phi) is 7.20. The van der Waals surface area contributed by atoms with Crippen LogP contribution in [0.2, 0.25) is 5.02 Å². The van der Waals surface area contributed by atoms with Crippen molar-refractivity contribution in [2.75, 3.05) is 20.6 Å². The molecule has 2 aromatic carbocycles. The third-order valence-corrected chi connectivity index (χ3v) is 7.20. The zero-order valence-corrected chi connectivity index (χ0v) is 19.9. The van der Waals surface area contributed by atoms with E-state index in [1.165, 1.54) is 55.7 Å². The van der Waals surface area contributed by atoms with Crippen molar-refractivity contribution in [2.24, 2.45) is 0 Å². The smallest absolute Gasteiger partial charge is 0.264 e. The molecule has 0 fully saturated rings. The molecule has 0 aliphatic rings. The van der Waals surface area contributed by atoms with Gasteiger partial charge >= 0.3 is 0 Å². The van der Waals surface area contributed by atoms with Crippen LogP contribution < -0.4 is 14.3 Å². The number of sulfonamides is 2. The molecule has 3 aromatic rings. The second-order valence-electron chi connectivity index (χ2n) is 6.91. The van der Waals surface area contributed by atoms with Gasteiger partial charge in [0.1, 0.15) is 6.04 Å². The maximum absolute atomic E-state index is 12.8. The van der Waals surface area contributed by atoms with Crippen LogP contribution >= 0.6 is 11.6 Å². The van der Waals surface area contributed by atoms with Crippen molar-refractivity contribution in [3.05, 3.63) is 72.0 Å². The Bertz CT molecular complexity index is 1350. The maximum atomic E-state index is 12.8. The topological polar surface area (TPSA) is 138 Å². The third-order valence-electron chi connectivity index (χ3n) is 4.37. The largest absolute Gasteiger partial charge is 0.324 e. The van der Waals surface area contributed by atoms with Crippen LogP contribution in [-0.4, -0.2) is 45.0 Å². The first kappa shape index (κ1) is 24.4. The number of anilines is 3. The normalized spacial score (nSPS) is 12.6. The quantitative estimate of drug-likeness (QED) is 0.476. The number of hydrogen-bond donors (Lipinski definition) is 2. The molecule has 0 bridgehead atoms. The van der Waals surface area contributed by atoms with E-state index >= 15 is 0 Å². The summed E-state index contributed by atoms with van der Waals surface area (Å²) in [7, 11) is -7.75. The highest BCUT2D eigenvalue weighted by Crippen LogP contribution is 2.25. The minimum atomic E-state index is -3.94. The number of carbonyl (C=O) groups excluding carboxylic acids is 1. The van der Waals surface area contributed by atoms with Gasteiger partial charge in [-0.2, -0.15) is 0 Å². The van der Waals surface area contributed by atoms with Crippen LogP contribution in [-0.2, 0) is 24.8 Å². The highest BCUT2D eigenvalue weighted by molar-refractivity contribution is 7.92. The van der Waals surface area contributed by atoms with E-state index in [9.17, 15) is 21.6 Å². The second kappa shape index (κ2) is 9.73. The van der Waals surface area contributed by atoms with E-state index in [1.54, 1.807) is 18.2 Å². The average Bonchev–Trinajstić information content (AvgIpc) is 2.73. The zero-order chi connectivity index (χ0) is 24.2. The summed E-state index contributed by atoms with van der Waals surface area (Å²) >= 11 is 5.97. The summed E-state index contributed by atoms with van der Waals surface area (Å²) in [6, 6.07) is 11.9. The Hall–Kier alpha value is -3.22. The molecule has 0 spiro atoms. The molecule has 1 aromatic heterocycles. The minimum Gasteiger partial charge on any atom is -0.324 e. The molecule has 2 N–H and O–H groups in total. The number of nitrogens with one attached hydrogen (secondary N) is 2. The fourth-order valence-electron chi connectivity index (χ4n) is 2.92. The molecule has 0 saturated heterocycles. The number of aromatic nitrogens is 2. The van der Waals surface area contributed by atoms with Crippen molar-refractivity contribution in [3.8, 4) is 0 Å². The van der Waals surface area contributed by atoms with Gasteiger partial charge < -0.3 is 5.32 Å². The van der Waals surface area contributed by atoms with Crippen LogP contribution in [0.4, 0.5) is 17.3 Å². The molecular formula is C20H20ClN5O5S2. The summed E-state index contributed by atoms with van der Waals surface area (Å²) in [5, 5.41) is 2.91. The Balaban J connectivity index is 1.76. The molecule has 0 saturated carbocycles. The molecule has 3 rings (SSSR count). The molecular weight excluding hydrogens is 490 g/mol. The molecule has 33 heavy (non-hydrogen) atoms. The van der Waals surface area contributed by atoms with Crippen molar-refractivity contribution < 1.29 is 21.6 Å². The average molecular weight is 510 g/mol. The van der Waals surface area contributed by atoms with E-state index < -0.39 is 32.0 Å². The van der Waals surface area contributed by atoms with Crippen LogP contribution in [0.15, 0.2) is 71.9 Å². The third kappa shape index (κ3) is 6.18. The number of halogens is 1. The number of amides is 1. The van der Waals surface area contributed by atoms with Crippen molar-refractivity contribution in [3.63, 3.8) is 0 Å². The highest BCUT2D eigenvalue weighted by Gasteiger charge is 2.29. The van der Waals surface area contributed by atoms with Gasteiger partial charge in [-0.05, 0) is 55.5 Å². The lowest BCUT2D eigenvalue weighted by Crippen LogP contribution is -2.45. The van der Waals surface area contributed by atoms with Gasteiger partial charge in [-0.1, -0.05) is 17.7 Å². The summed E-state index contributed by atoms with van der Waals surface area (Å²) in [6.07, 6.45) is 3.78.